The first kappa shape index (κ1) is 8.77. The van der Waals surface area contributed by atoms with Gasteiger partial charge < -0.3 is 10.2 Å². The van der Waals surface area contributed by atoms with Crippen molar-refractivity contribution in [3.05, 3.63) is 12.7 Å². The van der Waals surface area contributed by atoms with Gasteiger partial charge in [0.2, 0.25) is 5.91 Å². The van der Waals surface area contributed by atoms with E-state index in [9.17, 15) is 4.79 Å². The van der Waals surface area contributed by atoms with Crippen molar-refractivity contribution in [2.24, 2.45) is 5.16 Å². The lowest BCUT2D eigenvalue weighted by atomic mass is 10.2. The van der Waals surface area contributed by atoms with E-state index in [1.54, 1.807) is 0 Å². The van der Waals surface area contributed by atoms with Crippen LogP contribution < -0.4 is 5.32 Å². The van der Waals surface area contributed by atoms with Crippen LogP contribution in [0.3, 0.4) is 0 Å². The molecule has 0 saturated heterocycles. The first-order valence-corrected chi connectivity index (χ1v) is 3.82. The molecule has 0 aromatic carbocycles. The minimum atomic E-state index is -0.178. The zero-order valence-corrected chi connectivity index (χ0v) is 7.04. The summed E-state index contributed by atoms with van der Waals surface area (Å²) in [6, 6.07) is 0. The molecule has 1 aliphatic heterocycles. The average molecular weight is 168 g/mol. The van der Waals surface area contributed by atoms with Crippen LogP contribution in [-0.2, 0) is 9.63 Å². The number of oxime groups is 1. The smallest absolute Gasteiger partial charge is 0.243 e. The van der Waals surface area contributed by atoms with Crippen molar-refractivity contribution in [3.63, 3.8) is 0 Å². The second-order valence-corrected chi connectivity index (χ2v) is 2.71. The van der Waals surface area contributed by atoms with Crippen molar-refractivity contribution >= 4 is 11.6 Å². The molecule has 1 rings (SSSR count). The summed E-state index contributed by atoms with van der Waals surface area (Å²) in [5.74, 6) is -0.178. The molecule has 4 heteroatoms. The van der Waals surface area contributed by atoms with E-state index >= 15 is 0 Å². The zero-order valence-electron chi connectivity index (χ0n) is 7.04. The summed E-state index contributed by atoms with van der Waals surface area (Å²) in [6.07, 6.45) is 2.02. The Morgan fingerprint density at radius 1 is 2.00 bits per heavy atom. The summed E-state index contributed by atoms with van der Waals surface area (Å²) in [5, 5.41) is 6.40. The number of nitrogens with one attached hydrogen (secondary N) is 1. The first-order valence-electron chi connectivity index (χ1n) is 3.82. The number of carbonyl (C=O) groups is 1. The molecule has 0 radical (unpaired) electrons. The van der Waals surface area contributed by atoms with E-state index < -0.39 is 0 Å². The van der Waals surface area contributed by atoms with Crippen LogP contribution in [0.25, 0.3) is 0 Å². The Morgan fingerprint density at radius 2 is 2.75 bits per heavy atom. The predicted octanol–water partition coefficient (Wildman–Crippen LogP) is 0.453. The van der Waals surface area contributed by atoms with Crippen molar-refractivity contribution in [1.82, 2.24) is 5.32 Å². The molecule has 1 N–H and O–H groups in total. The number of amides is 1. The topological polar surface area (TPSA) is 50.7 Å². The number of hydrogen-bond acceptors (Lipinski definition) is 3. The van der Waals surface area contributed by atoms with Crippen LogP contribution in [-0.4, -0.2) is 24.3 Å². The Hall–Kier alpha value is -1.32. The van der Waals surface area contributed by atoms with Gasteiger partial charge in [-0.1, -0.05) is 11.7 Å². The van der Waals surface area contributed by atoms with E-state index in [4.69, 9.17) is 4.84 Å². The molecule has 0 spiro atoms. The van der Waals surface area contributed by atoms with E-state index in [0.29, 0.717) is 6.54 Å². The molecular formula is C8H12N2O2. The molecule has 0 saturated carbocycles. The van der Waals surface area contributed by atoms with E-state index in [0.717, 1.165) is 12.1 Å². The molecule has 0 bridgehead atoms. The third-order valence-corrected chi connectivity index (χ3v) is 1.57. The van der Waals surface area contributed by atoms with Crippen LogP contribution in [0.5, 0.6) is 0 Å². The molecule has 0 aromatic rings. The summed E-state index contributed by atoms with van der Waals surface area (Å²) in [5.41, 5.74) is 0.966. The lowest BCUT2D eigenvalue weighted by Gasteiger charge is -2.07. The van der Waals surface area contributed by atoms with Gasteiger partial charge in [-0.2, -0.15) is 0 Å². The Labute approximate surface area is 71.3 Å². The van der Waals surface area contributed by atoms with E-state index in [1.165, 1.54) is 6.08 Å². The molecule has 4 nitrogen and oxygen atoms in total. The Morgan fingerprint density at radius 3 is 3.25 bits per heavy atom. The largest absolute Gasteiger partial charge is 0.390 e. The molecule has 0 aromatic heterocycles. The van der Waals surface area contributed by atoms with Gasteiger partial charge in [-0.3, -0.25) is 4.79 Å². The summed E-state index contributed by atoms with van der Waals surface area (Å²) in [6.45, 7) is 5.73. The van der Waals surface area contributed by atoms with Gasteiger partial charge in [0, 0.05) is 6.42 Å². The third-order valence-electron chi connectivity index (χ3n) is 1.57. The second-order valence-electron chi connectivity index (χ2n) is 2.71. The van der Waals surface area contributed by atoms with E-state index in [1.807, 2.05) is 6.92 Å². The monoisotopic (exact) mass is 168 g/mol. The van der Waals surface area contributed by atoms with Crippen LogP contribution in [0, 0.1) is 0 Å². The maximum Gasteiger partial charge on any atom is 0.243 e. The minimum absolute atomic E-state index is 0.00565. The maximum atomic E-state index is 10.7. The van der Waals surface area contributed by atoms with Crippen molar-refractivity contribution in [1.29, 1.82) is 0 Å². The SMILES string of the molecule is C=CC(=O)NCC1CC(C)=NO1. The normalized spacial score (nSPS) is 21.1. The van der Waals surface area contributed by atoms with Crippen molar-refractivity contribution < 1.29 is 9.63 Å². The Bertz CT molecular complexity index is 223. The van der Waals surface area contributed by atoms with Gasteiger partial charge in [0.25, 0.3) is 0 Å². The van der Waals surface area contributed by atoms with Gasteiger partial charge in [0.05, 0.1) is 12.3 Å². The quantitative estimate of drug-likeness (QED) is 0.622. The van der Waals surface area contributed by atoms with E-state index in [2.05, 4.69) is 17.1 Å². The summed E-state index contributed by atoms with van der Waals surface area (Å²) < 4.78 is 0. The highest BCUT2D eigenvalue weighted by Crippen LogP contribution is 2.08. The van der Waals surface area contributed by atoms with Gasteiger partial charge >= 0.3 is 0 Å². The Balaban J connectivity index is 2.18. The highest BCUT2D eigenvalue weighted by Gasteiger charge is 2.17. The first-order chi connectivity index (χ1) is 5.72. The van der Waals surface area contributed by atoms with Crippen molar-refractivity contribution in [3.8, 4) is 0 Å². The zero-order chi connectivity index (χ0) is 8.97. The standard InChI is InChI=1S/C8H12N2O2/c1-3-8(11)9-5-7-4-6(2)10-12-7/h3,7H,1,4-5H2,2H3,(H,9,11). The molecule has 1 amide bonds. The van der Waals surface area contributed by atoms with Gasteiger partial charge in [-0.15, -0.1) is 0 Å². The number of rotatable bonds is 3. The average Bonchev–Trinajstić information content (AvgIpc) is 2.47. The van der Waals surface area contributed by atoms with Gasteiger partial charge in [-0.25, -0.2) is 0 Å². The Kier molecular flexibility index (Phi) is 2.85. The molecular weight excluding hydrogens is 156 g/mol. The summed E-state index contributed by atoms with van der Waals surface area (Å²) >= 11 is 0. The molecule has 1 unspecified atom stereocenters. The number of hydrogen-bond donors (Lipinski definition) is 1. The molecule has 1 heterocycles. The number of nitrogens with zero attached hydrogens (tertiary/aromatic N) is 1. The molecule has 0 fully saturated rings. The van der Waals surface area contributed by atoms with Crippen molar-refractivity contribution in [2.45, 2.75) is 19.4 Å². The molecule has 0 aliphatic carbocycles. The van der Waals surface area contributed by atoms with E-state index in [-0.39, 0.29) is 12.0 Å². The fraction of sp³-hybridized carbons (Fsp3) is 0.500. The lowest BCUT2D eigenvalue weighted by Crippen LogP contribution is -2.30. The highest BCUT2D eigenvalue weighted by molar-refractivity contribution is 5.87. The minimum Gasteiger partial charge on any atom is -0.390 e. The van der Waals surface area contributed by atoms with Crippen molar-refractivity contribution in [2.75, 3.05) is 6.54 Å². The fourth-order valence-corrected chi connectivity index (χ4v) is 0.965. The van der Waals surface area contributed by atoms with Gasteiger partial charge in [-0.05, 0) is 13.0 Å². The molecule has 1 aliphatic rings. The summed E-state index contributed by atoms with van der Waals surface area (Å²) in [4.78, 5) is 15.7. The van der Waals surface area contributed by atoms with Crippen LogP contribution in [0.15, 0.2) is 17.8 Å². The lowest BCUT2D eigenvalue weighted by molar-refractivity contribution is -0.117. The number of carbonyl (C=O) groups excluding carboxylic acids is 1. The maximum absolute atomic E-state index is 10.7. The van der Waals surface area contributed by atoms with Gasteiger partial charge in [0.1, 0.15) is 6.10 Å². The van der Waals surface area contributed by atoms with Crippen LogP contribution in [0.4, 0.5) is 0 Å². The predicted molar refractivity (Wildman–Crippen MR) is 45.8 cm³/mol. The van der Waals surface area contributed by atoms with Crippen LogP contribution >= 0.6 is 0 Å². The molecule has 1 atom stereocenters. The third kappa shape index (κ3) is 2.38. The fourth-order valence-electron chi connectivity index (χ4n) is 0.965. The molecule has 66 valence electrons. The summed E-state index contributed by atoms with van der Waals surface area (Å²) in [7, 11) is 0. The molecule has 12 heavy (non-hydrogen) atoms. The highest BCUT2D eigenvalue weighted by atomic mass is 16.6. The van der Waals surface area contributed by atoms with Gasteiger partial charge in [0.15, 0.2) is 0 Å². The second kappa shape index (κ2) is 3.90. The van der Waals surface area contributed by atoms with Crippen LogP contribution in [0.2, 0.25) is 0 Å². The van der Waals surface area contributed by atoms with Crippen LogP contribution in [0.1, 0.15) is 13.3 Å².